The minimum Gasteiger partial charge on any atom is -0.394 e. The lowest BCUT2D eigenvalue weighted by atomic mass is 9.90. The molecule has 0 saturated heterocycles. The lowest BCUT2D eigenvalue weighted by molar-refractivity contribution is 0.105. The molecule has 5 heteroatoms. The first-order valence-corrected chi connectivity index (χ1v) is 9.29. The van der Waals surface area contributed by atoms with Crippen LogP contribution < -0.4 is 5.32 Å². The van der Waals surface area contributed by atoms with Crippen molar-refractivity contribution >= 4 is 29.0 Å². The van der Waals surface area contributed by atoms with E-state index in [9.17, 15) is 5.11 Å². The molecule has 0 amide bonds. The Morgan fingerprint density at radius 3 is 2.59 bits per heavy atom. The van der Waals surface area contributed by atoms with Gasteiger partial charge in [-0.05, 0) is 55.0 Å². The highest BCUT2D eigenvalue weighted by molar-refractivity contribution is 5.93. The Labute approximate surface area is 165 Å². The molecule has 4 nitrogen and oxygen atoms in total. The number of aromatic nitrogens is 1. The van der Waals surface area contributed by atoms with Gasteiger partial charge in [-0.3, -0.25) is 0 Å². The van der Waals surface area contributed by atoms with E-state index in [1.165, 1.54) is 30.4 Å². The largest absolute Gasteiger partial charge is 0.394 e. The normalized spacial score (nSPS) is 14.3. The van der Waals surface area contributed by atoms with Crippen molar-refractivity contribution in [3.05, 3.63) is 59.7 Å². The van der Waals surface area contributed by atoms with Gasteiger partial charge in [0.15, 0.2) is 0 Å². The van der Waals surface area contributed by atoms with Gasteiger partial charge in [0.25, 0.3) is 0 Å². The number of nitrogens with one attached hydrogen (secondary N) is 1. The number of para-hydroxylation sites is 1. The summed E-state index contributed by atoms with van der Waals surface area (Å²) in [5.41, 5.74) is 6.80. The summed E-state index contributed by atoms with van der Waals surface area (Å²) in [6.07, 6.45) is 4.07. The third kappa shape index (κ3) is 4.24. The van der Waals surface area contributed by atoms with E-state index in [0.29, 0.717) is 6.54 Å². The van der Waals surface area contributed by atoms with Gasteiger partial charge in [0.1, 0.15) is 0 Å². The molecule has 3 aromatic rings. The smallest absolute Gasteiger partial charge is 0.0942 e. The van der Waals surface area contributed by atoms with Gasteiger partial charge in [0, 0.05) is 23.2 Å². The molecule has 142 valence electrons. The van der Waals surface area contributed by atoms with Crippen LogP contribution in [0.1, 0.15) is 24.0 Å². The molecule has 1 heterocycles. The Bertz CT molecular complexity index is 929. The summed E-state index contributed by atoms with van der Waals surface area (Å²) >= 11 is 0. The van der Waals surface area contributed by atoms with E-state index in [1.54, 1.807) is 0 Å². The van der Waals surface area contributed by atoms with E-state index in [2.05, 4.69) is 23.5 Å². The summed E-state index contributed by atoms with van der Waals surface area (Å²) in [4.78, 5) is 4.85. The van der Waals surface area contributed by atoms with E-state index in [4.69, 9.17) is 10.1 Å². The van der Waals surface area contributed by atoms with Crippen LogP contribution in [0.15, 0.2) is 48.5 Å². The lowest BCUT2D eigenvalue weighted by Gasteiger charge is -2.17. The molecule has 27 heavy (non-hydrogen) atoms. The van der Waals surface area contributed by atoms with Crippen LogP contribution in [-0.4, -0.2) is 34.5 Å². The van der Waals surface area contributed by atoms with Crippen LogP contribution in [-0.2, 0) is 12.8 Å². The van der Waals surface area contributed by atoms with Gasteiger partial charge in [0.2, 0.25) is 0 Å². The second-order valence-corrected chi connectivity index (χ2v) is 6.98. The zero-order valence-electron chi connectivity index (χ0n) is 15.2. The number of aliphatic hydroxyl groups is 2. The van der Waals surface area contributed by atoms with Crippen molar-refractivity contribution in [2.75, 3.05) is 18.5 Å². The first-order valence-electron chi connectivity index (χ1n) is 9.29. The fourth-order valence-corrected chi connectivity index (χ4v) is 3.65. The van der Waals surface area contributed by atoms with Gasteiger partial charge in [-0.1, -0.05) is 30.3 Å². The Balaban J connectivity index is 0.00000210. The minimum absolute atomic E-state index is 0. The maximum Gasteiger partial charge on any atom is 0.0942 e. The molecule has 3 N–H and O–H groups in total. The second-order valence-electron chi connectivity index (χ2n) is 6.98. The van der Waals surface area contributed by atoms with E-state index < -0.39 is 6.10 Å². The fourth-order valence-electron chi connectivity index (χ4n) is 3.65. The molecule has 0 aliphatic heterocycles. The molecule has 0 fully saturated rings. The Hall–Kier alpha value is -2.14. The predicted molar refractivity (Wildman–Crippen MR) is 113 cm³/mol. The molecule has 0 bridgehead atoms. The lowest BCUT2D eigenvalue weighted by Crippen LogP contribution is -2.23. The number of rotatable bonds is 5. The highest BCUT2D eigenvalue weighted by atomic mass is 35.5. The maximum absolute atomic E-state index is 9.68. The molecule has 1 atom stereocenters. The third-order valence-electron chi connectivity index (χ3n) is 5.10. The quantitative estimate of drug-likeness (QED) is 0.622. The number of aliphatic hydroxyl groups excluding tert-OH is 2. The molecule has 4 rings (SSSR count). The highest BCUT2D eigenvalue weighted by Gasteiger charge is 2.13. The molecular weight excluding hydrogens is 360 g/mol. The van der Waals surface area contributed by atoms with Crippen LogP contribution >= 0.6 is 12.4 Å². The van der Waals surface area contributed by atoms with E-state index in [0.717, 1.165) is 34.3 Å². The third-order valence-corrected chi connectivity index (χ3v) is 5.10. The molecular formula is C22H25ClN2O2. The molecule has 1 aromatic heterocycles. The number of hydrogen-bond acceptors (Lipinski definition) is 4. The number of halogens is 1. The van der Waals surface area contributed by atoms with Crippen LogP contribution in [0.25, 0.3) is 22.2 Å². The summed E-state index contributed by atoms with van der Waals surface area (Å²) in [5.74, 6) is 0. The molecule has 0 saturated carbocycles. The van der Waals surface area contributed by atoms with E-state index in [-0.39, 0.29) is 19.0 Å². The molecule has 0 radical (unpaired) electrons. The fraction of sp³-hybridized carbons (Fsp3) is 0.318. The van der Waals surface area contributed by atoms with Crippen LogP contribution in [0.5, 0.6) is 0 Å². The number of anilines is 1. The van der Waals surface area contributed by atoms with Crippen molar-refractivity contribution < 1.29 is 10.2 Å². The van der Waals surface area contributed by atoms with Crippen LogP contribution in [0.3, 0.4) is 0 Å². The summed E-state index contributed by atoms with van der Waals surface area (Å²) in [5, 5.41) is 23.0. The average molecular weight is 385 g/mol. The van der Waals surface area contributed by atoms with Crippen molar-refractivity contribution in [3.8, 4) is 11.3 Å². The molecule has 0 spiro atoms. The van der Waals surface area contributed by atoms with Gasteiger partial charge in [0.05, 0.1) is 23.9 Å². The molecule has 1 aliphatic carbocycles. The topological polar surface area (TPSA) is 65.4 Å². The van der Waals surface area contributed by atoms with Crippen molar-refractivity contribution in [2.24, 2.45) is 0 Å². The number of aryl methyl sites for hydroxylation is 2. The average Bonchev–Trinajstić information content (AvgIpc) is 2.71. The first kappa shape index (κ1) is 19.6. The number of nitrogens with zero attached hydrogens (tertiary/aromatic N) is 1. The zero-order chi connectivity index (χ0) is 17.9. The first-order chi connectivity index (χ1) is 12.7. The van der Waals surface area contributed by atoms with Crippen molar-refractivity contribution in [1.29, 1.82) is 0 Å². The van der Waals surface area contributed by atoms with E-state index in [1.807, 2.05) is 30.3 Å². The van der Waals surface area contributed by atoms with E-state index >= 15 is 0 Å². The van der Waals surface area contributed by atoms with Gasteiger partial charge < -0.3 is 15.5 Å². The number of fused-ring (bicyclic) bond motifs is 2. The molecule has 0 unspecified atom stereocenters. The summed E-state index contributed by atoms with van der Waals surface area (Å²) < 4.78 is 0. The Morgan fingerprint density at radius 1 is 1.00 bits per heavy atom. The predicted octanol–water partition coefficient (Wildman–Crippen LogP) is 3.97. The summed E-state index contributed by atoms with van der Waals surface area (Å²) in [6.45, 7) is 0.0435. The minimum atomic E-state index is -0.783. The van der Waals surface area contributed by atoms with Gasteiger partial charge >= 0.3 is 0 Å². The second kappa shape index (κ2) is 8.70. The number of benzene rings is 2. The number of hydrogen-bond donors (Lipinski definition) is 3. The standard InChI is InChI=1S/C22H24N2O2.ClH/c25-14-18(26)13-23-22-12-21(24-20-8-4-3-7-19(20)22)17-10-9-15-5-1-2-6-16(15)11-17;/h3-4,7-12,18,25-26H,1-2,5-6,13-14H2,(H,23,24);1H/t18-;/m0./s1. The van der Waals surface area contributed by atoms with Crippen LogP contribution in [0.4, 0.5) is 5.69 Å². The van der Waals surface area contributed by atoms with Crippen molar-refractivity contribution in [2.45, 2.75) is 31.8 Å². The highest BCUT2D eigenvalue weighted by Crippen LogP contribution is 2.31. The Morgan fingerprint density at radius 2 is 1.78 bits per heavy atom. The van der Waals surface area contributed by atoms with Crippen LogP contribution in [0, 0.1) is 0 Å². The van der Waals surface area contributed by atoms with Crippen molar-refractivity contribution in [3.63, 3.8) is 0 Å². The summed E-state index contributed by atoms with van der Waals surface area (Å²) in [7, 11) is 0. The molecule has 2 aromatic carbocycles. The van der Waals surface area contributed by atoms with Gasteiger partial charge in [-0.25, -0.2) is 4.98 Å². The SMILES string of the molecule is Cl.OC[C@@H](O)CNc1cc(-c2ccc3c(c2)CCCC3)nc2ccccc12. The number of pyridine rings is 1. The zero-order valence-corrected chi connectivity index (χ0v) is 16.0. The molecule has 1 aliphatic rings. The van der Waals surface area contributed by atoms with Gasteiger partial charge in [-0.15, -0.1) is 12.4 Å². The monoisotopic (exact) mass is 384 g/mol. The van der Waals surface area contributed by atoms with Crippen LogP contribution in [0.2, 0.25) is 0 Å². The van der Waals surface area contributed by atoms with Gasteiger partial charge in [-0.2, -0.15) is 0 Å². The summed E-state index contributed by atoms with van der Waals surface area (Å²) in [6, 6.07) is 16.7. The van der Waals surface area contributed by atoms with Crippen molar-refractivity contribution in [1.82, 2.24) is 4.98 Å². The Kier molecular flexibility index (Phi) is 6.32. The maximum atomic E-state index is 9.68.